The number of carbonyl (C=O) groups excluding carboxylic acids is 3. The number of carbonyl (C=O) groups is 3. The molecule has 1 unspecified atom stereocenters. The Labute approximate surface area is 125 Å². The second-order valence-corrected chi connectivity index (χ2v) is 5.30. The minimum Gasteiger partial charge on any atom is -0.447 e. The molecule has 118 valence electrons. The number of primary amides is 1. The summed E-state index contributed by atoms with van der Waals surface area (Å²) in [5, 5.41) is 10.1. The lowest BCUT2D eigenvalue weighted by Gasteiger charge is -2.32. The zero-order valence-corrected chi connectivity index (χ0v) is 11.8. The highest BCUT2D eigenvalue weighted by atomic mass is 16.6. The predicted octanol–water partition coefficient (Wildman–Crippen LogP) is -1.35. The number of likely N-dealkylation sites (tertiary alicyclic amines) is 1. The third kappa shape index (κ3) is 2.71. The van der Waals surface area contributed by atoms with Gasteiger partial charge in [0.15, 0.2) is 5.69 Å². The highest BCUT2D eigenvalue weighted by Crippen LogP contribution is 2.22. The Hall–Kier alpha value is -2.65. The summed E-state index contributed by atoms with van der Waals surface area (Å²) in [6, 6.07) is -0.532. The third-order valence-corrected chi connectivity index (χ3v) is 3.88. The van der Waals surface area contributed by atoms with Crippen LogP contribution in [0.5, 0.6) is 0 Å². The SMILES string of the molecule is NC(=O)c1cn(C2CCN(C(=O)C3COC(=O)N3)CC2)nn1. The number of cyclic esters (lactones) is 1. The number of hydrogen-bond donors (Lipinski definition) is 2. The maximum absolute atomic E-state index is 12.2. The van der Waals surface area contributed by atoms with Crippen LogP contribution in [0.1, 0.15) is 29.4 Å². The molecule has 3 amide bonds. The van der Waals surface area contributed by atoms with Crippen LogP contribution in [-0.2, 0) is 9.53 Å². The van der Waals surface area contributed by atoms with Gasteiger partial charge in [-0.2, -0.15) is 0 Å². The second kappa shape index (κ2) is 5.62. The van der Waals surface area contributed by atoms with Gasteiger partial charge in [0.25, 0.3) is 5.91 Å². The first-order valence-electron chi connectivity index (χ1n) is 6.98. The Kier molecular flexibility index (Phi) is 3.65. The quantitative estimate of drug-likeness (QED) is 0.709. The van der Waals surface area contributed by atoms with E-state index in [1.807, 2.05) is 0 Å². The summed E-state index contributed by atoms with van der Waals surface area (Å²) in [6.07, 6.45) is 2.34. The van der Waals surface area contributed by atoms with Crippen LogP contribution in [0.4, 0.5) is 4.79 Å². The topological polar surface area (TPSA) is 132 Å². The Morgan fingerprint density at radius 3 is 2.64 bits per heavy atom. The number of nitrogens with one attached hydrogen (secondary N) is 1. The minimum absolute atomic E-state index is 0.0686. The number of aromatic nitrogens is 3. The fraction of sp³-hybridized carbons (Fsp3) is 0.583. The molecule has 10 heteroatoms. The monoisotopic (exact) mass is 308 g/mol. The van der Waals surface area contributed by atoms with Crippen LogP contribution >= 0.6 is 0 Å². The average Bonchev–Trinajstić information content (AvgIpc) is 3.16. The summed E-state index contributed by atoms with van der Waals surface area (Å²) in [4.78, 5) is 35.9. The van der Waals surface area contributed by atoms with Crippen molar-refractivity contribution in [1.82, 2.24) is 25.2 Å². The molecule has 3 heterocycles. The predicted molar refractivity (Wildman–Crippen MR) is 71.7 cm³/mol. The van der Waals surface area contributed by atoms with E-state index in [4.69, 9.17) is 10.5 Å². The van der Waals surface area contributed by atoms with E-state index >= 15 is 0 Å². The Balaban J connectivity index is 1.56. The van der Waals surface area contributed by atoms with Crippen LogP contribution in [0.3, 0.4) is 0 Å². The van der Waals surface area contributed by atoms with Gasteiger partial charge in [-0.05, 0) is 12.8 Å². The molecule has 1 atom stereocenters. The molecule has 3 N–H and O–H groups in total. The van der Waals surface area contributed by atoms with Crippen molar-refractivity contribution in [2.75, 3.05) is 19.7 Å². The van der Waals surface area contributed by atoms with Gasteiger partial charge in [0.2, 0.25) is 5.91 Å². The van der Waals surface area contributed by atoms with E-state index in [-0.39, 0.29) is 24.2 Å². The third-order valence-electron chi connectivity index (χ3n) is 3.88. The van der Waals surface area contributed by atoms with Crippen LogP contribution in [0.2, 0.25) is 0 Å². The van der Waals surface area contributed by atoms with Gasteiger partial charge in [0, 0.05) is 13.1 Å². The summed E-state index contributed by atoms with van der Waals surface area (Å²) in [5.41, 5.74) is 5.27. The smallest absolute Gasteiger partial charge is 0.407 e. The molecule has 2 saturated heterocycles. The van der Waals surface area contributed by atoms with Crippen molar-refractivity contribution in [3.8, 4) is 0 Å². The molecule has 3 rings (SSSR count). The largest absolute Gasteiger partial charge is 0.447 e. The summed E-state index contributed by atoms with van der Waals surface area (Å²) in [7, 11) is 0. The standard InChI is InChI=1S/C12H16N6O4/c13-10(19)8-5-18(16-15-8)7-1-3-17(4-2-7)11(20)9-6-22-12(21)14-9/h5,7,9H,1-4,6H2,(H2,13,19)(H,14,21). The van der Waals surface area contributed by atoms with Crippen molar-refractivity contribution >= 4 is 17.9 Å². The number of piperidine rings is 1. The van der Waals surface area contributed by atoms with E-state index in [1.165, 1.54) is 6.20 Å². The number of nitrogens with two attached hydrogens (primary N) is 1. The minimum atomic E-state index is -0.615. The van der Waals surface area contributed by atoms with E-state index in [9.17, 15) is 14.4 Å². The van der Waals surface area contributed by atoms with Gasteiger partial charge in [-0.3, -0.25) is 9.59 Å². The number of rotatable bonds is 3. The summed E-state index contributed by atoms with van der Waals surface area (Å²) in [6.45, 7) is 1.16. The van der Waals surface area contributed by atoms with E-state index in [2.05, 4.69) is 15.6 Å². The maximum atomic E-state index is 12.2. The summed E-state index contributed by atoms with van der Waals surface area (Å²) < 4.78 is 6.34. The maximum Gasteiger partial charge on any atom is 0.407 e. The summed E-state index contributed by atoms with van der Waals surface area (Å²) in [5.74, 6) is -0.753. The van der Waals surface area contributed by atoms with Crippen molar-refractivity contribution in [2.24, 2.45) is 5.73 Å². The average molecular weight is 308 g/mol. The van der Waals surface area contributed by atoms with Crippen LogP contribution < -0.4 is 11.1 Å². The van der Waals surface area contributed by atoms with E-state index < -0.39 is 18.0 Å². The van der Waals surface area contributed by atoms with E-state index in [1.54, 1.807) is 9.58 Å². The first-order chi connectivity index (χ1) is 10.5. The molecule has 10 nitrogen and oxygen atoms in total. The molecule has 0 aromatic carbocycles. The van der Waals surface area contributed by atoms with Gasteiger partial charge in [-0.15, -0.1) is 5.10 Å². The number of nitrogens with zero attached hydrogens (tertiary/aromatic N) is 4. The van der Waals surface area contributed by atoms with Gasteiger partial charge >= 0.3 is 6.09 Å². The molecule has 2 aliphatic heterocycles. The fourth-order valence-corrected chi connectivity index (χ4v) is 2.66. The van der Waals surface area contributed by atoms with Gasteiger partial charge in [-0.1, -0.05) is 5.21 Å². The van der Waals surface area contributed by atoms with Crippen LogP contribution in [0, 0.1) is 0 Å². The molecule has 0 bridgehead atoms. The van der Waals surface area contributed by atoms with Crippen LogP contribution in [0.25, 0.3) is 0 Å². The number of hydrogen-bond acceptors (Lipinski definition) is 6. The first kappa shape index (κ1) is 14.3. The Bertz CT molecular complexity index is 607. The number of amides is 3. The van der Waals surface area contributed by atoms with Crippen molar-refractivity contribution in [1.29, 1.82) is 0 Å². The molecule has 22 heavy (non-hydrogen) atoms. The highest BCUT2D eigenvalue weighted by molar-refractivity contribution is 5.90. The zero-order chi connectivity index (χ0) is 15.7. The molecule has 0 radical (unpaired) electrons. The van der Waals surface area contributed by atoms with Gasteiger partial charge in [0.05, 0.1) is 12.2 Å². The molecule has 2 fully saturated rings. The molecule has 0 spiro atoms. The fourth-order valence-electron chi connectivity index (χ4n) is 2.66. The Morgan fingerprint density at radius 2 is 2.09 bits per heavy atom. The molecule has 1 aromatic rings. The van der Waals surface area contributed by atoms with Crippen molar-refractivity contribution in [3.63, 3.8) is 0 Å². The van der Waals surface area contributed by atoms with Crippen molar-refractivity contribution < 1.29 is 19.1 Å². The van der Waals surface area contributed by atoms with Crippen LogP contribution in [0.15, 0.2) is 6.20 Å². The summed E-state index contributed by atoms with van der Waals surface area (Å²) >= 11 is 0. The zero-order valence-electron chi connectivity index (χ0n) is 11.8. The van der Waals surface area contributed by atoms with E-state index in [0.717, 1.165) is 0 Å². The molecule has 0 saturated carbocycles. The number of ether oxygens (including phenoxy) is 1. The van der Waals surface area contributed by atoms with Crippen molar-refractivity contribution in [2.45, 2.75) is 24.9 Å². The lowest BCUT2D eigenvalue weighted by atomic mass is 10.0. The first-order valence-corrected chi connectivity index (χ1v) is 6.98. The Morgan fingerprint density at radius 1 is 1.36 bits per heavy atom. The van der Waals surface area contributed by atoms with Gasteiger partial charge < -0.3 is 20.7 Å². The lowest BCUT2D eigenvalue weighted by molar-refractivity contribution is -0.134. The number of alkyl carbamates (subject to hydrolysis) is 1. The molecule has 1 aromatic heterocycles. The molecular weight excluding hydrogens is 292 g/mol. The molecule has 0 aliphatic carbocycles. The second-order valence-electron chi connectivity index (χ2n) is 5.30. The molecule has 2 aliphatic rings. The molecular formula is C12H16N6O4. The highest BCUT2D eigenvalue weighted by Gasteiger charge is 2.34. The van der Waals surface area contributed by atoms with E-state index in [0.29, 0.717) is 25.9 Å². The van der Waals surface area contributed by atoms with Gasteiger partial charge in [-0.25, -0.2) is 9.48 Å². The van der Waals surface area contributed by atoms with Crippen molar-refractivity contribution in [3.05, 3.63) is 11.9 Å². The normalized spacial score (nSPS) is 22.3. The van der Waals surface area contributed by atoms with Crippen LogP contribution in [-0.4, -0.2) is 63.5 Å². The van der Waals surface area contributed by atoms with Gasteiger partial charge in [0.1, 0.15) is 12.6 Å². The lowest BCUT2D eigenvalue weighted by Crippen LogP contribution is -2.48.